The minimum absolute atomic E-state index is 0.0396. The number of rotatable bonds is 2. The van der Waals surface area contributed by atoms with Gasteiger partial charge in [-0.1, -0.05) is 6.07 Å². The third-order valence-corrected chi connectivity index (χ3v) is 5.16. The van der Waals surface area contributed by atoms with Gasteiger partial charge >= 0.3 is 6.03 Å². The molecular formula is C18H27N4O2+. The number of likely N-dealkylation sites (N-methyl/N-ethyl adjacent to an activating group) is 1. The summed E-state index contributed by atoms with van der Waals surface area (Å²) in [5.74, 6) is 0.0753. The Labute approximate surface area is 143 Å². The zero-order valence-corrected chi connectivity index (χ0v) is 14.8. The summed E-state index contributed by atoms with van der Waals surface area (Å²) in [7, 11) is 2.15. The first-order chi connectivity index (χ1) is 11.4. The van der Waals surface area contributed by atoms with Crippen LogP contribution in [0.4, 0.5) is 10.5 Å². The Kier molecular flexibility index (Phi) is 4.76. The highest BCUT2D eigenvalue weighted by Gasteiger charge is 2.33. The number of hydrogen-bond donors (Lipinski definition) is 2. The van der Waals surface area contributed by atoms with Gasteiger partial charge in [0.15, 0.2) is 0 Å². The van der Waals surface area contributed by atoms with E-state index >= 15 is 0 Å². The molecule has 6 nitrogen and oxygen atoms in total. The zero-order chi connectivity index (χ0) is 17.3. The van der Waals surface area contributed by atoms with Crippen molar-refractivity contribution >= 4 is 17.6 Å². The van der Waals surface area contributed by atoms with Crippen molar-refractivity contribution in [2.75, 3.05) is 44.7 Å². The van der Waals surface area contributed by atoms with Crippen LogP contribution in [0.25, 0.3) is 0 Å². The molecule has 130 valence electrons. The van der Waals surface area contributed by atoms with Gasteiger partial charge in [0.25, 0.3) is 0 Å². The number of piperazine rings is 1. The number of nitrogens with zero attached hydrogens (tertiary/aromatic N) is 2. The largest absolute Gasteiger partial charge is 0.334 e. The van der Waals surface area contributed by atoms with Crippen molar-refractivity contribution in [1.82, 2.24) is 10.2 Å². The molecule has 0 spiro atoms. The standard InChI is InChI=1S/C18H26N4O2/c1-13-4-5-16(10-14(13)2)22-12-15(11-17(22)23)19-18(24)21-8-6-20(3)7-9-21/h4-5,10,15H,6-9,11-12H2,1-3H3,(H,19,24)/p+1/t15-/m0/s1. The summed E-state index contributed by atoms with van der Waals surface area (Å²) in [6.07, 6.45) is 0.373. The van der Waals surface area contributed by atoms with Gasteiger partial charge in [0.05, 0.1) is 39.3 Å². The van der Waals surface area contributed by atoms with E-state index in [0.717, 1.165) is 31.9 Å². The second kappa shape index (κ2) is 6.81. The topological polar surface area (TPSA) is 57.1 Å². The van der Waals surface area contributed by atoms with E-state index in [0.29, 0.717) is 13.0 Å². The van der Waals surface area contributed by atoms with Crippen molar-refractivity contribution in [3.8, 4) is 0 Å². The zero-order valence-electron chi connectivity index (χ0n) is 14.8. The number of urea groups is 1. The fourth-order valence-corrected chi connectivity index (χ4v) is 3.30. The predicted octanol–water partition coefficient (Wildman–Crippen LogP) is -0.0514. The molecule has 3 rings (SSSR count). The molecule has 24 heavy (non-hydrogen) atoms. The van der Waals surface area contributed by atoms with E-state index in [2.05, 4.69) is 19.3 Å². The van der Waals surface area contributed by atoms with Crippen LogP contribution in [0.1, 0.15) is 17.5 Å². The van der Waals surface area contributed by atoms with Crippen molar-refractivity contribution in [2.24, 2.45) is 0 Å². The number of aryl methyl sites for hydroxylation is 2. The van der Waals surface area contributed by atoms with Crippen LogP contribution in [-0.4, -0.2) is 62.7 Å². The smallest absolute Gasteiger partial charge is 0.318 e. The van der Waals surface area contributed by atoms with Gasteiger partial charge in [0.1, 0.15) is 0 Å². The molecule has 2 aliphatic heterocycles. The lowest BCUT2D eigenvalue weighted by Crippen LogP contribution is -3.12. The van der Waals surface area contributed by atoms with Crippen LogP contribution < -0.4 is 15.1 Å². The fraction of sp³-hybridized carbons (Fsp3) is 0.556. The minimum Gasteiger partial charge on any atom is -0.334 e. The van der Waals surface area contributed by atoms with Crippen molar-refractivity contribution in [3.05, 3.63) is 29.3 Å². The Bertz CT molecular complexity index is 638. The second-order valence-electron chi connectivity index (χ2n) is 7.07. The molecule has 2 saturated heterocycles. The average Bonchev–Trinajstić information content (AvgIpc) is 2.91. The van der Waals surface area contributed by atoms with Crippen LogP contribution in [0.2, 0.25) is 0 Å². The summed E-state index contributed by atoms with van der Waals surface area (Å²) in [5.41, 5.74) is 3.31. The Hall–Kier alpha value is -2.08. The van der Waals surface area contributed by atoms with E-state index in [9.17, 15) is 9.59 Å². The molecule has 2 fully saturated rings. The predicted molar refractivity (Wildman–Crippen MR) is 93.4 cm³/mol. The first kappa shape index (κ1) is 16.8. The van der Waals surface area contributed by atoms with Gasteiger partial charge in [-0.05, 0) is 37.1 Å². The lowest BCUT2D eigenvalue weighted by atomic mass is 10.1. The Balaban J connectivity index is 1.60. The third kappa shape index (κ3) is 3.53. The molecule has 1 atom stereocenters. The quantitative estimate of drug-likeness (QED) is 0.798. The van der Waals surface area contributed by atoms with Gasteiger partial charge in [-0.25, -0.2) is 4.79 Å². The first-order valence-corrected chi connectivity index (χ1v) is 8.68. The number of quaternary nitrogens is 1. The summed E-state index contributed by atoms with van der Waals surface area (Å²) in [6, 6.07) is 5.91. The molecule has 0 unspecified atom stereocenters. The van der Waals surface area contributed by atoms with E-state index in [4.69, 9.17) is 0 Å². The van der Waals surface area contributed by atoms with Gasteiger partial charge in [-0.2, -0.15) is 0 Å². The Morgan fingerprint density at radius 1 is 1.21 bits per heavy atom. The van der Waals surface area contributed by atoms with Crippen LogP contribution in [0, 0.1) is 13.8 Å². The van der Waals surface area contributed by atoms with Crippen LogP contribution in [0.5, 0.6) is 0 Å². The highest BCUT2D eigenvalue weighted by atomic mass is 16.2. The summed E-state index contributed by atoms with van der Waals surface area (Å²) < 4.78 is 0. The highest BCUT2D eigenvalue weighted by Crippen LogP contribution is 2.24. The summed E-state index contributed by atoms with van der Waals surface area (Å²) in [5, 5.41) is 3.03. The molecule has 0 aliphatic carbocycles. The molecule has 0 saturated carbocycles. The number of amides is 3. The molecule has 2 heterocycles. The molecule has 0 aromatic heterocycles. The van der Waals surface area contributed by atoms with E-state index < -0.39 is 0 Å². The molecule has 0 radical (unpaired) electrons. The number of hydrogen-bond acceptors (Lipinski definition) is 2. The SMILES string of the molecule is Cc1ccc(N2C[C@@H](NC(=O)N3CC[NH+](C)CC3)CC2=O)cc1C. The molecule has 6 heteroatoms. The van der Waals surface area contributed by atoms with E-state index in [1.54, 1.807) is 4.90 Å². The lowest BCUT2D eigenvalue weighted by Gasteiger charge is -2.31. The number of benzene rings is 1. The normalized spacial score (nSPS) is 22.1. The summed E-state index contributed by atoms with van der Waals surface area (Å²) >= 11 is 0. The van der Waals surface area contributed by atoms with Gasteiger partial charge in [-0.15, -0.1) is 0 Å². The van der Waals surface area contributed by atoms with Gasteiger partial charge in [-0.3, -0.25) is 4.79 Å². The van der Waals surface area contributed by atoms with Crippen molar-refractivity contribution in [1.29, 1.82) is 0 Å². The van der Waals surface area contributed by atoms with Crippen LogP contribution >= 0.6 is 0 Å². The minimum atomic E-state index is -0.112. The maximum absolute atomic E-state index is 12.4. The molecular weight excluding hydrogens is 304 g/mol. The summed E-state index contributed by atoms with van der Waals surface area (Å²) in [4.78, 5) is 29.8. The molecule has 1 aromatic carbocycles. The van der Waals surface area contributed by atoms with E-state index in [-0.39, 0.29) is 18.0 Å². The van der Waals surface area contributed by atoms with Crippen LogP contribution in [-0.2, 0) is 4.79 Å². The molecule has 2 aliphatic rings. The Morgan fingerprint density at radius 3 is 2.58 bits per heavy atom. The Morgan fingerprint density at radius 2 is 1.92 bits per heavy atom. The molecule has 1 aromatic rings. The third-order valence-electron chi connectivity index (χ3n) is 5.16. The van der Waals surface area contributed by atoms with E-state index in [1.807, 2.05) is 30.0 Å². The van der Waals surface area contributed by atoms with Crippen molar-refractivity contribution in [3.63, 3.8) is 0 Å². The monoisotopic (exact) mass is 331 g/mol. The molecule has 0 bridgehead atoms. The number of carbonyl (C=O) groups is 2. The molecule has 3 amide bonds. The van der Waals surface area contributed by atoms with Crippen molar-refractivity contribution < 1.29 is 14.5 Å². The van der Waals surface area contributed by atoms with Gasteiger partial charge in [0.2, 0.25) is 5.91 Å². The lowest BCUT2D eigenvalue weighted by molar-refractivity contribution is -0.883. The molecule has 2 N–H and O–H groups in total. The second-order valence-corrected chi connectivity index (χ2v) is 7.07. The van der Waals surface area contributed by atoms with Crippen LogP contribution in [0.15, 0.2) is 18.2 Å². The fourth-order valence-electron chi connectivity index (χ4n) is 3.30. The maximum Gasteiger partial charge on any atom is 0.318 e. The van der Waals surface area contributed by atoms with Crippen LogP contribution in [0.3, 0.4) is 0 Å². The first-order valence-electron chi connectivity index (χ1n) is 8.68. The van der Waals surface area contributed by atoms with Crippen molar-refractivity contribution in [2.45, 2.75) is 26.3 Å². The van der Waals surface area contributed by atoms with E-state index in [1.165, 1.54) is 16.0 Å². The number of carbonyl (C=O) groups excluding carboxylic acids is 2. The average molecular weight is 331 g/mol. The summed E-state index contributed by atoms with van der Waals surface area (Å²) in [6.45, 7) is 8.17. The highest BCUT2D eigenvalue weighted by molar-refractivity contribution is 5.96. The number of anilines is 1. The number of nitrogens with one attached hydrogen (secondary N) is 2. The maximum atomic E-state index is 12.4. The van der Waals surface area contributed by atoms with Gasteiger partial charge < -0.3 is 20.0 Å². The van der Waals surface area contributed by atoms with Gasteiger partial charge in [0, 0.05) is 18.7 Å².